The molecular formula is C16H20N4O4. The third kappa shape index (κ3) is 2.80. The summed E-state index contributed by atoms with van der Waals surface area (Å²) in [5.41, 5.74) is 2.03. The van der Waals surface area contributed by atoms with E-state index in [-0.39, 0.29) is 19.1 Å². The first-order valence-electron chi connectivity index (χ1n) is 7.84. The molecule has 2 fully saturated rings. The molecule has 128 valence electrons. The number of hydrogen-bond acceptors (Lipinski definition) is 5. The van der Waals surface area contributed by atoms with Gasteiger partial charge in [-0.1, -0.05) is 30.3 Å². The summed E-state index contributed by atoms with van der Waals surface area (Å²) in [6.07, 6.45) is 0.837. The molecule has 1 aromatic carbocycles. The van der Waals surface area contributed by atoms with Crippen molar-refractivity contribution in [3.8, 4) is 0 Å². The molecule has 0 aliphatic carbocycles. The number of likely N-dealkylation sites (tertiary alicyclic amines) is 2. The number of nitrogens with zero attached hydrogens (tertiary/aromatic N) is 2. The zero-order valence-corrected chi connectivity index (χ0v) is 13.2. The van der Waals surface area contributed by atoms with E-state index in [1.807, 2.05) is 35.8 Å². The van der Waals surface area contributed by atoms with Crippen molar-refractivity contribution in [3.63, 3.8) is 0 Å². The summed E-state index contributed by atoms with van der Waals surface area (Å²) in [7, 11) is 0. The lowest BCUT2D eigenvalue weighted by Crippen LogP contribution is -2.73. The van der Waals surface area contributed by atoms with Crippen molar-refractivity contribution in [2.75, 3.05) is 19.6 Å². The van der Waals surface area contributed by atoms with E-state index in [1.165, 1.54) is 9.80 Å². The Morgan fingerprint density at radius 3 is 2.71 bits per heavy atom. The zero-order chi connectivity index (χ0) is 17.2. The van der Waals surface area contributed by atoms with Crippen molar-refractivity contribution >= 4 is 17.9 Å². The lowest BCUT2D eigenvalue weighted by Gasteiger charge is -2.50. The maximum Gasteiger partial charge on any atom is 0.411 e. The minimum atomic E-state index is -0.858. The molecule has 1 aromatic rings. The van der Waals surface area contributed by atoms with Gasteiger partial charge in [0.25, 0.3) is 11.8 Å². The third-order valence-corrected chi connectivity index (χ3v) is 4.55. The van der Waals surface area contributed by atoms with Crippen molar-refractivity contribution in [2.24, 2.45) is 5.84 Å². The first kappa shape index (κ1) is 16.3. The predicted molar refractivity (Wildman–Crippen MR) is 84.2 cm³/mol. The van der Waals surface area contributed by atoms with Gasteiger partial charge in [-0.15, -0.1) is 0 Å². The van der Waals surface area contributed by atoms with Gasteiger partial charge >= 0.3 is 6.09 Å². The van der Waals surface area contributed by atoms with Crippen LogP contribution in [0.15, 0.2) is 30.3 Å². The standard InChI is InChI=1S/C16H20N4O4/c17-18-13(21)9-19-11-16(14(19)22)7-4-8-20(16)15(23)24-10-12-5-2-1-3-6-12/h1-3,5-6H,4,7-11,17H2,(H,18,21). The molecule has 8 heteroatoms. The van der Waals surface area contributed by atoms with Gasteiger partial charge in [-0.2, -0.15) is 0 Å². The summed E-state index contributed by atoms with van der Waals surface area (Å²) in [5.74, 6) is 4.38. The minimum Gasteiger partial charge on any atom is -0.445 e. The summed E-state index contributed by atoms with van der Waals surface area (Å²) < 4.78 is 5.35. The molecule has 1 atom stereocenters. The highest BCUT2D eigenvalue weighted by molar-refractivity contribution is 5.98. The fourth-order valence-electron chi connectivity index (χ4n) is 3.33. The number of β-lactam (4-membered cyclic amide) rings is 1. The van der Waals surface area contributed by atoms with Gasteiger partial charge in [-0.05, 0) is 18.4 Å². The second-order valence-electron chi connectivity index (χ2n) is 6.06. The average molecular weight is 332 g/mol. The Labute approximate surface area is 139 Å². The molecule has 0 saturated carbocycles. The van der Waals surface area contributed by atoms with Crippen molar-refractivity contribution in [1.82, 2.24) is 15.2 Å². The molecule has 1 spiro atoms. The van der Waals surface area contributed by atoms with Gasteiger partial charge in [-0.3, -0.25) is 19.9 Å². The molecule has 8 nitrogen and oxygen atoms in total. The number of benzene rings is 1. The Balaban J connectivity index is 1.60. The topological polar surface area (TPSA) is 105 Å². The van der Waals surface area contributed by atoms with Crippen molar-refractivity contribution in [1.29, 1.82) is 0 Å². The second-order valence-corrected chi connectivity index (χ2v) is 6.06. The van der Waals surface area contributed by atoms with Crippen LogP contribution in [0.4, 0.5) is 4.79 Å². The van der Waals surface area contributed by atoms with E-state index in [1.54, 1.807) is 0 Å². The van der Waals surface area contributed by atoms with Crippen molar-refractivity contribution < 1.29 is 19.1 Å². The Bertz CT molecular complexity index is 651. The molecule has 2 aliphatic heterocycles. The molecular weight excluding hydrogens is 312 g/mol. The van der Waals surface area contributed by atoms with Gasteiger partial charge in [-0.25, -0.2) is 10.6 Å². The summed E-state index contributed by atoms with van der Waals surface area (Å²) in [4.78, 5) is 39.1. The molecule has 2 aliphatic rings. The highest BCUT2D eigenvalue weighted by atomic mass is 16.6. The van der Waals surface area contributed by atoms with Crippen molar-refractivity contribution in [3.05, 3.63) is 35.9 Å². The van der Waals surface area contributed by atoms with E-state index >= 15 is 0 Å². The number of carbonyl (C=O) groups is 3. The molecule has 0 radical (unpaired) electrons. The summed E-state index contributed by atoms with van der Waals surface area (Å²) in [6.45, 7) is 0.889. The number of rotatable bonds is 4. The van der Waals surface area contributed by atoms with Crippen LogP contribution in [-0.2, 0) is 20.9 Å². The largest absolute Gasteiger partial charge is 0.445 e. The summed E-state index contributed by atoms with van der Waals surface area (Å²) in [5, 5.41) is 0. The number of nitrogens with one attached hydrogen (secondary N) is 1. The number of amides is 3. The lowest BCUT2D eigenvalue weighted by molar-refractivity contribution is -0.161. The van der Waals surface area contributed by atoms with E-state index in [4.69, 9.17) is 10.6 Å². The van der Waals surface area contributed by atoms with E-state index in [2.05, 4.69) is 0 Å². The molecule has 1 unspecified atom stereocenters. The van der Waals surface area contributed by atoms with Gasteiger partial charge in [0.2, 0.25) is 0 Å². The quantitative estimate of drug-likeness (QED) is 0.349. The van der Waals surface area contributed by atoms with E-state index in [9.17, 15) is 14.4 Å². The van der Waals surface area contributed by atoms with Crippen LogP contribution in [0.25, 0.3) is 0 Å². The van der Waals surface area contributed by atoms with Crippen LogP contribution in [0, 0.1) is 0 Å². The van der Waals surface area contributed by atoms with Gasteiger partial charge in [0.15, 0.2) is 0 Å². The van der Waals surface area contributed by atoms with Gasteiger partial charge in [0.1, 0.15) is 18.7 Å². The Morgan fingerprint density at radius 1 is 1.29 bits per heavy atom. The Hall–Kier alpha value is -2.61. The van der Waals surface area contributed by atoms with Gasteiger partial charge in [0, 0.05) is 6.54 Å². The predicted octanol–water partition coefficient (Wildman–Crippen LogP) is -0.0101. The molecule has 2 heterocycles. The highest BCUT2D eigenvalue weighted by Gasteiger charge is 2.60. The van der Waals surface area contributed by atoms with E-state index < -0.39 is 17.5 Å². The first-order valence-corrected chi connectivity index (χ1v) is 7.84. The molecule has 3 amide bonds. The number of hydrazine groups is 1. The van der Waals surface area contributed by atoms with Gasteiger partial charge < -0.3 is 9.64 Å². The second kappa shape index (κ2) is 6.48. The lowest BCUT2D eigenvalue weighted by atomic mass is 9.86. The highest BCUT2D eigenvalue weighted by Crippen LogP contribution is 2.39. The smallest absolute Gasteiger partial charge is 0.411 e. The number of nitrogens with two attached hydrogens (primary N) is 1. The van der Waals surface area contributed by atoms with Crippen LogP contribution in [0.3, 0.4) is 0 Å². The van der Waals surface area contributed by atoms with Gasteiger partial charge in [0.05, 0.1) is 6.54 Å². The zero-order valence-electron chi connectivity index (χ0n) is 13.2. The maximum absolute atomic E-state index is 12.5. The average Bonchev–Trinajstić information content (AvgIpc) is 3.06. The molecule has 0 aromatic heterocycles. The normalized spacial score (nSPS) is 22.5. The third-order valence-electron chi connectivity index (χ3n) is 4.55. The van der Waals surface area contributed by atoms with Crippen LogP contribution in [0.1, 0.15) is 18.4 Å². The van der Waals surface area contributed by atoms with Crippen LogP contribution < -0.4 is 11.3 Å². The number of carbonyl (C=O) groups excluding carboxylic acids is 3. The van der Waals surface area contributed by atoms with E-state index in [0.29, 0.717) is 19.5 Å². The fourth-order valence-corrected chi connectivity index (χ4v) is 3.33. The van der Waals surface area contributed by atoms with Crippen LogP contribution in [0.2, 0.25) is 0 Å². The molecule has 3 N–H and O–H groups in total. The number of ether oxygens (including phenoxy) is 1. The minimum absolute atomic E-state index is 0.0933. The Morgan fingerprint density at radius 2 is 2.04 bits per heavy atom. The SMILES string of the molecule is NNC(=O)CN1CC2(CCCN2C(=O)OCc2ccccc2)C1=O. The van der Waals surface area contributed by atoms with Crippen LogP contribution in [0.5, 0.6) is 0 Å². The van der Waals surface area contributed by atoms with E-state index in [0.717, 1.165) is 12.0 Å². The molecule has 3 rings (SSSR count). The summed E-state index contributed by atoms with van der Waals surface area (Å²) >= 11 is 0. The summed E-state index contributed by atoms with van der Waals surface area (Å²) in [6, 6.07) is 9.37. The Kier molecular flexibility index (Phi) is 4.39. The van der Waals surface area contributed by atoms with Crippen LogP contribution >= 0.6 is 0 Å². The molecule has 24 heavy (non-hydrogen) atoms. The van der Waals surface area contributed by atoms with Crippen LogP contribution in [-0.4, -0.2) is 52.9 Å². The first-order chi connectivity index (χ1) is 11.6. The maximum atomic E-state index is 12.5. The molecule has 2 saturated heterocycles. The number of hydrogen-bond donors (Lipinski definition) is 2. The monoisotopic (exact) mass is 332 g/mol. The fraction of sp³-hybridized carbons (Fsp3) is 0.438. The van der Waals surface area contributed by atoms with Crippen molar-refractivity contribution in [2.45, 2.75) is 25.0 Å². The molecule has 0 bridgehead atoms.